The Morgan fingerprint density at radius 1 is 1.16 bits per heavy atom. The average molecular weight is 492 g/mol. The third kappa shape index (κ3) is 13.2. The summed E-state index contributed by atoms with van der Waals surface area (Å²) in [6.07, 6.45) is 3.05. The van der Waals surface area contributed by atoms with E-state index in [9.17, 15) is 4.57 Å². The van der Waals surface area contributed by atoms with Crippen LogP contribution in [0.4, 0.5) is 0 Å². The van der Waals surface area contributed by atoms with Crippen LogP contribution in [0.1, 0.15) is 34.1 Å². The van der Waals surface area contributed by atoms with Crippen LogP contribution < -0.4 is 0 Å². The van der Waals surface area contributed by atoms with Crippen molar-refractivity contribution in [2.45, 2.75) is 58.3 Å². The van der Waals surface area contributed by atoms with E-state index in [1.54, 1.807) is 12.2 Å². The molecule has 0 aliphatic carbocycles. The maximum absolute atomic E-state index is 12.3. The van der Waals surface area contributed by atoms with Crippen molar-refractivity contribution in [1.82, 2.24) is 4.67 Å². The highest BCUT2D eigenvalue weighted by molar-refractivity contribution is 7.57. The Morgan fingerprint density at radius 2 is 1.78 bits per heavy atom. The molecule has 0 amide bonds. The molecular weight excluding hydrogens is 453 g/mol. The first-order valence-electron chi connectivity index (χ1n) is 10.6. The molecule has 184 valence electrons. The van der Waals surface area contributed by atoms with Crippen LogP contribution >= 0.6 is 16.1 Å². The third-order valence-corrected chi connectivity index (χ3v) is 7.63. The molecule has 0 aliphatic rings. The zero-order valence-corrected chi connectivity index (χ0v) is 22.2. The van der Waals surface area contributed by atoms with Crippen molar-refractivity contribution in [1.29, 1.82) is 5.26 Å². The minimum Gasteiger partial charge on any atom is -0.375 e. The predicted molar refractivity (Wildman–Crippen MR) is 130 cm³/mol. The first-order valence-corrected chi connectivity index (χ1v) is 13.3. The Labute approximate surface area is 195 Å². The van der Waals surface area contributed by atoms with Crippen molar-refractivity contribution in [3.05, 3.63) is 24.5 Å². The van der Waals surface area contributed by atoms with Crippen LogP contribution in [-0.4, -0.2) is 77.4 Å². The molecule has 0 aliphatic heterocycles. The normalized spacial score (nSPS) is 15.4. The van der Waals surface area contributed by atoms with Crippen LogP contribution in [0, 0.1) is 11.3 Å². The van der Waals surface area contributed by atoms with E-state index in [2.05, 4.69) is 45.0 Å². The highest BCUT2D eigenvalue weighted by atomic mass is 31.2. The van der Waals surface area contributed by atoms with Gasteiger partial charge in [0.1, 0.15) is 7.85 Å². The van der Waals surface area contributed by atoms with E-state index >= 15 is 0 Å². The third-order valence-electron chi connectivity index (χ3n) is 4.00. The molecule has 0 heterocycles. The molecule has 0 rings (SSSR count). The summed E-state index contributed by atoms with van der Waals surface area (Å²) >= 11 is 0. The van der Waals surface area contributed by atoms with E-state index in [1.165, 1.54) is 20.0 Å². The minimum absolute atomic E-state index is 0.208. The van der Waals surface area contributed by atoms with Crippen molar-refractivity contribution >= 4 is 24.0 Å². The van der Waals surface area contributed by atoms with Crippen molar-refractivity contribution in [2.24, 2.45) is 0 Å². The molecule has 0 bridgehead atoms. The van der Waals surface area contributed by atoms with Gasteiger partial charge in [-0.3, -0.25) is 4.57 Å². The molecule has 3 atom stereocenters. The smallest absolute Gasteiger partial charge is 0.353 e. The number of nitrogens with zero attached hydrogens (tertiary/aromatic N) is 2. The fourth-order valence-corrected chi connectivity index (χ4v) is 5.10. The number of ether oxygens (including phenoxy) is 2. The molecule has 0 aromatic rings. The van der Waals surface area contributed by atoms with Crippen LogP contribution in [0.5, 0.6) is 0 Å². The number of hydrogen-bond acceptors (Lipinski definition) is 9. The summed E-state index contributed by atoms with van der Waals surface area (Å²) in [5, 5.41) is 8.83. The zero-order valence-electron chi connectivity index (χ0n) is 20.4. The molecular formula is C20H39BN2O7P2. The van der Waals surface area contributed by atoms with Gasteiger partial charge in [-0.05, 0) is 33.8 Å². The summed E-state index contributed by atoms with van der Waals surface area (Å²) in [5.74, 6) is 1.36. The monoisotopic (exact) mass is 492 g/mol. The summed E-state index contributed by atoms with van der Waals surface area (Å²) < 4.78 is 47.9. The molecule has 0 aromatic heterocycles. The van der Waals surface area contributed by atoms with Gasteiger partial charge < -0.3 is 27.6 Å². The molecule has 0 radical (unpaired) electrons. The lowest BCUT2D eigenvalue weighted by Crippen LogP contribution is -2.35. The second-order valence-electron chi connectivity index (χ2n) is 7.40. The van der Waals surface area contributed by atoms with Crippen molar-refractivity contribution in [2.75, 3.05) is 40.6 Å². The van der Waals surface area contributed by atoms with E-state index in [0.29, 0.717) is 19.6 Å². The van der Waals surface area contributed by atoms with Crippen LogP contribution in [0.25, 0.3) is 0 Å². The molecule has 12 heteroatoms. The Morgan fingerprint density at radius 3 is 2.28 bits per heavy atom. The topological polar surface area (TPSA) is 99.5 Å². The quantitative estimate of drug-likeness (QED) is 0.115. The van der Waals surface area contributed by atoms with E-state index in [-0.39, 0.29) is 31.3 Å². The van der Waals surface area contributed by atoms with Gasteiger partial charge in [0, 0.05) is 38.1 Å². The summed E-state index contributed by atoms with van der Waals surface area (Å²) in [6, 6.07) is 2.19. The maximum atomic E-state index is 12.3. The lowest BCUT2D eigenvalue weighted by Gasteiger charge is -2.36. The van der Waals surface area contributed by atoms with E-state index in [0.717, 1.165) is 0 Å². The molecule has 0 saturated carbocycles. The van der Waals surface area contributed by atoms with Crippen LogP contribution in [-0.2, 0) is 32.1 Å². The van der Waals surface area contributed by atoms with Crippen molar-refractivity contribution in [3.63, 3.8) is 0 Å². The molecule has 0 aromatic carbocycles. The summed E-state index contributed by atoms with van der Waals surface area (Å²) in [7, 11) is -0.169. The van der Waals surface area contributed by atoms with E-state index < -0.39 is 22.2 Å². The highest BCUT2D eigenvalue weighted by Gasteiger charge is 2.28. The van der Waals surface area contributed by atoms with Gasteiger partial charge in [-0.1, -0.05) is 6.08 Å². The fourth-order valence-electron chi connectivity index (χ4n) is 2.63. The van der Waals surface area contributed by atoms with Gasteiger partial charge in [-0.15, -0.1) is 6.58 Å². The Bertz CT molecular complexity index is 616. The van der Waals surface area contributed by atoms with E-state index in [1.807, 2.05) is 7.85 Å². The van der Waals surface area contributed by atoms with Gasteiger partial charge in [0.25, 0.3) is 8.53 Å². The lowest BCUT2D eigenvalue weighted by atomic mass is 10.0. The van der Waals surface area contributed by atoms with Gasteiger partial charge in [0.05, 0.1) is 45.0 Å². The first-order chi connectivity index (χ1) is 15.1. The van der Waals surface area contributed by atoms with Crippen molar-refractivity contribution < 1.29 is 32.1 Å². The minimum atomic E-state index is -3.32. The van der Waals surface area contributed by atoms with Crippen LogP contribution in [0.3, 0.4) is 0 Å². The summed E-state index contributed by atoms with van der Waals surface area (Å²) in [4.78, 5) is 0. The molecule has 0 N–H and O–H groups in total. The van der Waals surface area contributed by atoms with E-state index in [4.69, 9.17) is 32.8 Å². The van der Waals surface area contributed by atoms with Gasteiger partial charge in [-0.25, -0.2) is 4.67 Å². The zero-order chi connectivity index (χ0) is 24.6. The van der Waals surface area contributed by atoms with Crippen LogP contribution in [0.2, 0.25) is 0 Å². The molecule has 3 unspecified atom stereocenters. The number of nitriles is 1. The van der Waals surface area contributed by atoms with Gasteiger partial charge >= 0.3 is 7.60 Å². The summed E-state index contributed by atoms with van der Waals surface area (Å²) in [5.41, 5.74) is 0. The number of rotatable bonds is 19. The number of hydrogen-bond donors (Lipinski definition) is 0. The van der Waals surface area contributed by atoms with Gasteiger partial charge in [0.15, 0.2) is 0 Å². The maximum Gasteiger partial charge on any atom is 0.353 e. The Balaban J connectivity index is 5.17. The molecule has 9 nitrogen and oxygen atoms in total. The lowest BCUT2D eigenvalue weighted by molar-refractivity contribution is -0.0147. The standard InChI is InChI=1S/C20H39BN2O7P2/c1-8-12-27-15-19(10-14-32(24,25-6)26-7)30-20(21)16-29-31(28-13-9-11-22)23(17(2)3)18(4)5/h8,10,14,17-20H,1,9,12-13,15-16,21H2,2-7H3/b14-10+. The van der Waals surface area contributed by atoms with Gasteiger partial charge in [-0.2, -0.15) is 5.26 Å². The molecule has 0 fully saturated rings. The first kappa shape index (κ1) is 31.4. The van der Waals surface area contributed by atoms with Crippen LogP contribution in [0.15, 0.2) is 24.5 Å². The fraction of sp³-hybridized carbons (Fsp3) is 0.750. The highest BCUT2D eigenvalue weighted by Crippen LogP contribution is 2.48. The SMILES string of the molecule is BC(COP(OCCC#N)N(C(C)C)C(C)C)OC(/C=C/P(=O)(OC)OC)COCC=C. The van der Waals surface area contributed by atoms with Crippen molar-refractivity contribution in [3.8, 4) is 6.07 Å². The molecule has 0 spiro atoms. The summed E-state index contributed by atoms with van der Waals surface area (Å²) in [6.45, 7) is 13.1. The largest absolute Gasteiger partial charge is 0.375 e. The Hall–Kier alpha value is -0.585. The predicted octanol–water partition coefficient (Wildman–Crippen LogP) is 3.83. The second kappa shape index (κ2) is 17.8. The molecule has 32 heavy (non-hydrogen) atoms. The van der Waals surface area contributed by atoms with Gasteiger partial charge in [0.2, 0.25) is 0 Å². The second-order valence-corrected chi connectivity index (χ2v) is 11.0. The Kier molecular flexibility index (Phi) is 17.5. The average Bonchev–Trinajstić information content (AvgIpc) is 2.75. The molecule has 0 saturated heterocycles.